The van der Waals surface area contributed by atoms with Crippen molar-refractivity contribution in [2.45, 2.75) is 6.92 Å². The Bertz CT molecular complexity index is 1160. The molecule has 0 radical (unpaired) electrons. The molecule has 1 N–H and O–H groups in total. The molecule has 2 heterocycles. The van der Waals surface area contributed by atoms with Gasteiger partial charge in [0.15, 0.2) is 5.65 Å². The molecule has 1 amide bonds. The summed E-state index contributed by atoms with van der Waals surface area (Å²) in [6, 6.07) is 16.9. The van der Waals surface area contributed by atoms with Crippen LogP contribution < -0.4 is 14.8 Å². The third-order valence-electron chi connectivity index (χ3n) is 4.62. The predicted molar refractivity (Wildman–Crippen MR) is 111 cm³/mol. The van der Waals surface area contributed by atoms with Crippen molar-refractivity contribution in [3.05, 3.63) is 72.1 Å². The van der Waals surface area contributed by atoms with Gasteiger partial charge in [0.1, 0.15) is 17.1 Å². The molecule has 2 aromatic heterocycles. The summed E-state index contributed by atoms with van der Waals surface area (Å²) < 4.78 is 12.4. The number of nitrogens with zero attached hydrogens (tertiary/aromatic N) is 3. The fraction of sp³-hybridized carbons (Fsp3) is 0.136. The van der Waals surface area contributed by atoms with Gasteiger partial charge in [0.05, 0.1) is 37.5 Å². The molecule has 0 aliphatic carbocycles. The number of fused-ring (bicyclic) bond motifs is 1. The summed E-state index contributed by atoms with van der Waals surface area (Å²) in [6.07, 6.45) is 1.61. The van der Waals surface area contributed by atoms with Gasteiger partial charge in [-0.15, -0.1) is 0 Å². The van der Waals surface area contributed by atoms with E-state index < -0.39 is 0 Å². The normalized spacial score (nSPS) is 10.7. The third kappa shape index (κ3) is 3.38. The zero-order chi connectivity index (χ0) is 20.4. The van der Waals surface area contributed by atoms with Crippen LogP contribution in [0.4, 0.5) is 5.69 Å². The molecule has 4 rings (SSSR count). The second-order valence-electron chi connectivity index (χ2n) is 6.42. The van der Waals surface area contributed by atoms with Crippen LogP contribution >= 0.6 is 0 Å². The molecular formula is C22H20N4O3. The van der Waals surface area contributed by atoms with Crippen molar-refractivity contribution in [3.63, 3.8) is 0 Å². The third-order valence-corrected chi connectivity index (χ3v) is 4.62. The number of aryl methyl sites for hydroxylation is 1. The van der Waals surface area contributed by atoms with Crippen LogP contribution in [0.3, 0.4) is 0 Å². The molecule has 0 bridgehead atoms. The van der Waals surface area contributed by atoms with Gasteiger partial charge in [0.25, 0.3) is 5.91 Å². The number of para-hydroxylation sites is 1. The Morgan fingerprint density at radius 1 is 1.00 bits per heavy atom. The van der Waals surface area contributed by atoms with Crippen LogP contribution in [-0.4, -0.2) is 34.9 Å². The van der Waals surface area contributed by atoms with E-state index in [-0.39, 0.29) is 5.91 Å². The fourth-order valence-corrected chi connectivity index (χ4v) is 3.23. The minimum absolute atomic E-state index is 0.328. The Labute approximate surface area is 167 Å². The van der Waals surface area contributed by atoms with Crippen molar-refractivity contribution in [1.29, 1.82) is 0 Å². The van der Waals surface area contributed by atoms with Crippen LogP contribution in [0.15, 0.2) is 60.8 Å². The lowest BCUT2D eigenvalue weighted by atomic mass is 10.1. The summed E-state index contributed by atoms with van der Waals surface area (Å²) in [6.45, 7) is 1.91. The van der Waals surface area contributed by atoms with E-state index in [1.54, 1.807) is 29.1 Å². The van der Waals surface area contributed by atoms with Crippen molar-refractivity contribution in [2.24, 2.45) is 0 Å². The maximum Gasteiger partial charge on any atom is 0.263 e. The number of aromatic nitrogens is 3. The number of amides is 1. The Hall–Kier alpha value is -3.87. The molecule has 0 fully saturated rings. The number of ether oxygens (including phenoxy) is 2. The zero-order valence-electron chi connectivity index (χ0n) is 16.3. The minimum Gasteiger partial charge on any atom is -0.496 e. The lowest BCUT2D eigenvalue weighted by Crippen LogP contribution is -2.14. The number of carbonyl (C=O) groups is 1. The van der Waals surface area contributed by atoms with Gasteiger partial charge < -0.3 is 14.8 Å². The van der Waals surface area contributed by atoms with Crippen molar-refractivity contribution in [3.8, 4) is 17.2 Å². The minimum atomic E-state index is -0.339. The van der Waals surface area contributed by atoms with E-state index in [2.05, 4.69) is 15.4 Å². The Morgan fingerprint density at radius 2 is 1.69 bits per heavy atom. The first-order valence-corrected chi connectivity index (χ1v) is 9.05. The Kier molecular flexibility index (Phi) is 4.87. The number of rotatable bonds is 5. The van der Waals surface area contributed by atoms with E-state index >= 15 is 0 Å². The summed E-state index contributed by atoms with van der Waals surface area (Å²) in [5.74, 6) is 0.529. The Balaban J connectivity index is 1.70. The van der Waals surface area contributed by atoms with Gasteiger partial charge in [-0.05, 0) is 37.3 Å². The molecule has 146 valence electrons. The van der Waals surface area contributed by atoms with Crippen LogP contribution in [0, 0.1) is 6.92 Å². The smallest absolute Gasteiger partial charge is 0.263 e. The van der Waals surface area contributed by atoms with E-state index in [9.17, 15) is 4.79 Å². The van der Waals surface area contributed by atoms with Gasteiger partial charge in [0.2, 0.25) is 0 Å². The SMILES string of the molecule is COc1cccc(OC)c1C(=O)Nc1cnc2c(c1)c(C)nn2-c1ccccc1. The summed E-state index contributed by atoms with van der Waals surface area (Å²) in [5.41, 5.74) is 3.36. The summed E-state index contributed by atoms with van der Waals surface area (Å²) in [4.78, 5) is 17.4. The van der Waals surface area contributed by atoms with Crippen LogP contribution in [0.5, 0.6) is 11.5 Å². The number of benzene rings is 2. The van der Waals surface area contributed by atoms with Crippen LogP contribution in [0.2, 0.25) is 0 Å². The number of carbonyl (C=O) groups excluding carboxylic acids is 1. The van der Waals surface area contributed by atoms with E-state index in [4.69, 9.17) is 9.47 Å². The molecule has 0 unspecified atom stereocenters. The monoisotopic (exact) mass is 388 g/mol. The summed E-state index contributed by atoms with van der Waals surface area (Å²) in [7, 11) is 3.03. The van der Waals surface area contributed by atoms with E-state index in [1.807, 2.05) is 43.3 Å². The van der Waals surface area contributed by atoms with Crippen molar-refractivity contribution in [2.75, 3.05) is 19.5 Å². The number of hydrogen-bond acceptors (Lipinski definition) is 5. The maximum absolute atomic E-state index is 12.9. The Morgan fingerprint density at radius 3 is 2.34 bits per heavy atom. The number of nitrogens with one attached hydrogen (secondary N) is 1. The lowest BCUT2D eigenvalue weighted by molar-refractivity contribution is 0.102. The average molecular weight is 388 g/mol. The van der Waals surface area contributed by atoms with Crippen LogP contribution in [-0.2, 0) is 0 Å². The molecule has 7 nitrogen and oxygen atoms in total. The van der Waals surface area contributed by atoms with Crippen molar-refractivity contribution in [1.82, 2.24) is 14.8 Å². The van der Waals surface area contributed by atoms with Crippen LogP contribution in [0.1, 0.15) is 16.1 Å². The molecule has 7 heteroatoms. The molecule has 0 aliphatic rings. The fourth-order valence-electron chi connectivity index (χ4n) is 3.23. The highest BCUT2D eigenvalue weighted by Crippen LogP contribution is 2.30. The first kappa shape index (κ1) is 18.5. The highest BCUT2D eigenvalue weighted by atomic mass is 16.5. The molecule has 4 aromatic rings. The topological polar surface area (TPSA) is 78.3 Å². The number of anilines is 1. The number of hydrogen-bond donors (Lipinski definition) is 1. The average Bonchev–Trinajstić information content (AvgIpc) is 3.09. The second-order valence-corrected chi connectivity index (χ2v) is 6.42. The molecule has 0 saturated carbocycles. The molecule has 29 heavy (non-hydrogen) atoms. The summed E-state index contributed by atoms with van der Waals surface area (Å²) in [5, 5.41) is 8.33. The number of methoxy groups -OCH3 is 2. The van der Waals surface area contributed by atoms with Gasteiger partial charge in [0, 0.05) is 5.39 Å². The van der Waals surface area contributed by atoms with E-state index in [0.29, 0.717) is 22.7 Å². The molecule has 0 spiro atoms. The van der Waals surface area contributed by atoms with Gasteiger partial charge >= 0.3 is 0 Å². The molecule has 2 aromatic carbocycles. The van der Waals surface area contributed by atoms with Gasteiger partial charge in [-0.2, -0.15) is 5.10 Å². The highest BCUT2D eigenvalue weighted by molar-refractivity contribution is 6.08. The number of pyridine rings is 1. The van der Waals surface area contributed by atoms with Gasteiger partial charge in [-0.25, -0.2) is 9.67 Å². The second kappa shape index (κ2) is 7.63. The van der Waals surface area contributed by atoms with E-state index in [1.165, 1.54) is 14.2 Å². The predicted octanol–water partition coefficient (Wildman–Crippen LogP) is 4.00. The van der Waals surface area contributed by atoms with E-state index in [0.717, 1.165) is 22.4 Å². The van der Waals surface area contributed by atoms with Gasteiger partial charge in [-0.3, -0.25) is 4.79 Å². The lowest BCUT2D eigenvalue weighted by Gasteiger charge is -2.13. The molecule has 0 atom stereocenters. The summed E-state index contributed by atoms with van der Waals surface area (Å²) >= 11 is 0. The largest absolute Gasteiger partial charge is 0.496 e. The van der Waals surface area contributed by atoms with Crippen molar-refractivity contribution >= 4 is 22.6 Å². The standard InChI is InChI=1S/C22H20N4O3/c1-14-17-12-15(13-23-21(17)26(25-14)16-8-5-4-6-9-16)24-22(27)20-18(28-2)10-7-11-19(20)29-3/h4-13H,1-3H3,(H,24,27). The first-order valence-electron chi connectivity index (χ1n) is 9.05. The highest BCUT2D eigenvalue weighted by Gasteiger charge is 2.19. The zero-order valence-corrected chi connectivity index (χ0v) is 16.3. The maximum atomic E-state index is 12.9. The molecular weight excluding hydrogens is 368 g/mol. The molecule has 0 aliphatic heterocycles. The molecule has 0 saturated heterocycles. The van der Waals surface area contributed by atoms with Gasteiger partial charge in [-0.1, -0.05) is 24.3 Å². The van der Waals surface area contributed by atoms with Crippen LogP contribution in [0.25, 0.3) is 16.7 Å². The van der Waals surface area contributed by atoms with Crippen molar-refractivity contribution < 1.29 is 14.3 Å². The first-order chi connectivity index (χ1) is 14.1. The quantitative estimate of drug-likeness (QED) is 0.559.